The van der Waals surface area contributed by atoms with Gasteiger partial charge in [0.15, 0.2) is 5.01 Å². The number of H-pyrrole nitrogens is 1. The summed E-state index contributed by atoms with van der Waals surface area (Å²) < 4.78 is 7.05. The minimum Gasteiger partial charge on any atom is -0.493 e. The average Bonchev–Trinajstić information content (AvgIpc) is 3.25. The number of nitrogens with zero attached hydrogens (tertiary/aromatic N) is 3. The molecule has 5 rings (SSSR count). The maximum atomic E-state index is 12.9. The van der Waals surface area contributed by atoms with Crippen LogP contribution in [0.1, 0.15) is 6.92 Å². The molecular formula is C19H14N4O2S. The Labute approximate surface area is 151 Å². The van der Waals surface area contributed by atoms with Crippen molar-refractivity contribution in [2.24, 2.45) is 0 Å². The first-order valence-corrected chi connectivity index (χ1v) is 9.10. The first kappa shape index (κ1) is 15.1. The van der Waals surface area contributed by atoms with Gasteiger partial charge < -0.3 is 9.72 Å². The van der Waals surface area contributed by atoms with E-state index in [4.69, 9.17) is 9.72 Å². The van der Waals surface area contributed by atoms with Gasteiger partial charge in [-0.15, -0.1) is 0 Å². The lowest BCUT2D eigenvalue weighted by Gasteiger charge is -2.06. The summed E-state index contributed by atoms with van der Waals surface area (Å²) in [4.78, 5) is 21.3. The highest BCUT2D eigenvalue weighted by Gasteiger charge is 2.17. The minimum atomic E-state index is -0.197. The number of ether oxygens (including phenoxy) is 1. The van der Waals surface area contributed by atoms with Crippen molar-refractivity contribution in [1.82, 2.24) is 19.6 Å². The molecule has 26 heavy (non-hydrogen) atoms. The van der Waals surface area contributed by atoms with E-state index in [0.29, 0.717) is 27.6 Å². The van der Waals surface area contributed by atoms with Crippen molar-refractivity contribution in [3.8, 4) is 16.3 Å². The fraction of sp³-hybridized carbons (Fsp3) is 0.105. The van der Waals surface area contributed by atoms with Gasteiger partial charge in [-0.1, -0.05) is 41.7 Å². The molecule has 0 spiro atoms. The van der Waals surface area contributed by atoms with Crippen LogP contribution in [0.5, 0.6) is 5.75 Å². The van der Waals surface area contributed by atoms with E-state index in [1.807, 2.05) is 55.5 Å². The highest BCUT2D eigenvalue weighted by Crippen LogP contribution is 2.33. The molecule has 0 saturated carbocycles. The van der Waals surface area contributed by atoms with Crippen molar-refractivity contribution in [1.29, 1.82) is 0 Å². The van der Waals surface area contributed by atoms with E-state index in [-0.39, 0.29) is 5.56 Å². The normalized spacial score (nSPS) is 11.6. The number of rotatable bonds is 3. The summed E-state index contributed by atoms with van der Waals surface area (Å²) in [5.41, 5.74) is 2.71. The Morgan fingerprint density at radius 2 is 1.96 bits per heavy atom. The monoisotopic (exact) mass is 362 g/mol. The lowest BCUT2D eigenvalue weighted by Crippen LogP contribution is -2.15. The van der Waals surface area contributed by atoms with Gasteiger partial charge in [0.1, 0.15) is 16.8 Å². The number of aromatic amines is 1. The molecule has 128 valence electrons. The van der Waals surface area contributed by atoms with E-state index in [0.717, 1.165) is 22.2 Å². The van der Waals surface area contributed by atoms with Gasteiger partial charge in [0.2, 0.25) is 4.96 Å². The summed E-state index contributed by atoms with van der Waals surface area (Å²) >= 11 is 1.38. The van der Waals surface area contributed by atoms with E-state index < -0.39 is 0 Å². The zero-order valence-electron chi connectivity index (χ0n) is 13.9. The van der Waals surface area contributed by atoms with Crippen molar-refractivity contribution in [2.75, 3.05) is 6.61 Å². The molecule has 0 aliphatic heterocycles. The van der Waals surface area contributed by atoms with Gasteiger partial charge in [-0.25, -0.2) is 4.98 Å². The third-order valence-electron chi connectivity index (χ3n) is 4.27. The topological polar surface area (TPSA) is 72.3 Å². The second-order valence-electron chi connectivity index (χ2n) is 5.84. The molecule has 3 heterocycles. The number of fused-ring (bicyclic) bond motifs is 4. The Morgan fingerprint density at radius 3 is 2.85 bits per heavy atom. The lowest BCUT2D eigenvalue weighted by atomic mass is 10.2. The van der Waals surface area contributed by atoms with Crippen LogP contribution in [-0.2, 0) is 0 Å². The van der Waals surface area contributed by atoms with Crippen LogP contribution in [0, 0.1) is 0 Å². The van der Waals surface area contributed by atoms with E-state index in [9.17, 15) is 4.79 Å². The molecule has 7 heteroatoms. The van der Waals surface area contributed by atoms with Crippen molar-refractivity contribution >= 4 is 38.2 Å². The summed E-state index contributed by atoms with van der Waals surface area (Å²) in [6.07, 6.45) is 0. The second kappa shape index (κ2) is 5.67. The Hall–Kier alpha value is -3.19. The van der Waals surface area contributed by atoms with Crippen molar-refractivity contribution in [3.63, 3.8) is 0 Å². The zero-order chi connectivity index (χ0) is 17.7. The van der Waals surface area contributed by atoms with Gasteiger partial charge in [-0.2, -0.15) is 9.61 Å². The van der Waals surface area contributed by atoms with Gasteiger partial charge in [-0.3, -0.25) is 4.79 Å². The highest BCUT2D eigenvalue weighted by molar-refractivity contribution is 7.19. The zero-order valence-corrected chi connectivity index (χ0v) is 14.7. The Bertz CT molecular complexity index is 1330. The summed E-state index contributed by atoms with van der Waals surface area (Å²) in [7, 11) is 0. The maximum absolute atomic E-state index is 12.9. The lowest BCUT2D eigenvalue weighted by molar-refractivity contribution is 0.341. The largest absolute Gasteiger partial charge is 0.493 e. The van der Waals surface area contributed by atoms with Crippen LogP contribution in [0.4, 0.5) is 0 Å². The van der Waals surface area contributed by atoms with E-state index >= 15 is 0 Å². The number of para-hydroxylation sites is 2. The van der Waals surface area contributed by atoms with Gasteiger partial charge in [0.05, 0.1) is 12.2 Å². The van der Waals surface area contributed by atoms with Gasteiger partial charge >= 0.3 is 0 Å². The van der Waals surface area contributed by atoms with Crippen LogP contribution in [0.3, 0.4) is 0 Å². The molecule has 3 aromatic heterocycles. The van der Waals surface area contributed by atoms with Crippen LogP contribution >= 0.6 is 11.3 Å². The average molecular weight is 362 g/mol. The van der Waals surface area contributed by atoms with Gasteiger partial charge in [-0.05, 0) is 25.1 Å². The third kappa shape index (κ3) is 2.14. The third-order valence-corrected chi connectivity index (χ3v) is 5.21. The van der Waals surface area contributed by atoms with Gasteiger partial charge in [0, 0.05) is 10.9 Å². The standard InChI is InChI=1S/C19H14N4O2S/c1-2-25-14-10-6-4-8-12(14)17-22-23-18(24)16-15(21-19(23)26-17)11-7-3-5-9-13(11)20-16/h3-10,20H,2H2,1H3. The number of hydrogen-bond acceptors (Lipinski definition) is 5. The molecule has 0 atom stereocenters. The van der Waals surface area contributed by atoms with Crippen LogP contribution in [-0.4, -0.2) is 26.2 Å². The predicted molar refractivity (Wildman–Crippen MR) is 103 cm³/mol. The van der Waals surface area contributed by atoms with Crippen LogP contribution in [0.2, 0.25) is 0 Å². The molecule has 0 bridgehead atoms. The molecule has 5 aromatic rings. The number of benzene rings is 2. The van der Waals surface area contributed by atoms with E-state index in [2.05, 4.69) is 10.1 Å². The maximum Gasteiger partial charge on any atom is 0.299 e. The first-order valence-electron chi connectivity index (χ1n) is 8.29. The number of aromatic nitrogens is 4. The fourth-order valence-corrected chi connectivity index (χ4v) is 4.04. The van der Waals surface area contributed by atoms with E-state index in [1.54, 1.807) is 0 Å². The molecule has 0 radical (unpaired) electrons. The second-order valence-corrected chi connectivity index (χ2v) is 6.80. The minimum absolute atomic E-state index is 0.197. The van der Waals surface area contributed by atoms with Crippen LogP contribution in [0.25, 0.3) is 37.5 Å². The summed E-state index contributed by atoms with van der Waals surface area (Å²) in [6, 6.07) is 15.5. The fourth-order valence-electron chi connectivity index (χ4n) is 3.12. The summed E-state index contributed by atoms with van der Waals surface area (Å²) in [5.74, 6) is 0.748. The highest BCUT2D eigenvalue weighted by atomic mass is 32.1. The number of nitrogens with one attached hydrogen (secondary N) is 1. The van der Waals surface area contributed by atoms with Crippen LogP contribution in [0.15, 0.2) is 53.3 Å². The molecule has 0 aliphatic carbocycles. The van der Waals surface area contributed by atoms with E-state index in [1.165, 1.54) is 15.9 Å². The van der Waals surface area contributed by atoms with Crippen LogP contribution < -0.4 is 10.3 Å². The van der Waals surface area contributed by atoms with Crippen molar-refractivity contribution in [3.05, 3.63) is 58.9 Å². The Balaban J connectivity index is 1.80. The molecule has 0 aliphatic rings. The molecule has 2 aromatic carbocycles. The molecule has 0 amide bonds. The smallest absolute Gasteiger partial charge is 0.299 e. The van der Waals surface area contributed by atoms with Gasteiger partial charge in [0.25, 0.3) is 5.56 Å². The predicted octanol–water partition coefficient (Wildman–Crippen LogP) is 3.85. The number of hydrogen-bond donors (Lipinski definition) is 1. The summed E-state index contributed by atoms with van der Waals surface area (Å²) in [6.45, 7) is 2.50. The SMILES string of the molecule is CCOc1ccccc1-c1nn2c(=O)c3[nH]c4ccccc4c3nc2s1. The molecule has 6 nitrogen and oxygen atoms in total. The summed E-state index contributed by atoms with van der Waals surface area (Å²) in [5, 5.41) is 6.15. The molecule has 0 unspecified atom stereocenters. The Morgan fingerprint density at radius 1 is 1.15 bits per heavy atom. The van der Waals surface area contributed by atoms with Crippen molar-refractivity contribution < 1.29 is 4.74 Å². The first-order chi connectivity index (χ1) is 12.8. The molecule has 0 fully saturated rings. The quantitative estimate of drug-likeness (QED) is 0.529. The van der Waals surface area contributed by atoms with Crippen molar-refractivity contribution in [2.45, 2.75) is 6.92 Å². The Kier molecular flexibility index (Phi) is 3.29. The molecule has 0 saturated heterocycles. The molecule has 1 N–H and O–H groups in total. The molecular weight excluding hydrogens is 348 g/mol.